The number of ether oxygens (including phenoxy) is 1. The summed E-state index contributed by atoms with van der Waals surface area (Å²) < 4.78 is 44.9. The normalized spacial score (nSPS) is 10.5. The molecule has 0 aliphatic rings. The molecule has 0 bridgehead atoms. The van der Waals surface area contributed by atoms with E-state index in [-0.39, 0.29) is 13.2 Å². The van der Waals surface area contributed by atoms with Crippen molar-refractivity contribution in [3.05, 3.63) is 64.5 Å². The largest absolute Gasteiger partial charge is 0.491 e. The van der Waals surface area contributed by atoms with Gasteiger partial charge in [-0.3, -0.25) is 4.79 Å². The summed E-state index contributed by atoms with van der Waals surface area (Å²) in [5, 5.41) is 2.40. The molecule has 2 aromatic rings. The van der Waals surface area contributed by atoms with Gasteiger partial charge in [0.1, 0.15) is 12.4 Å². The number of carbonyl (C=O) groups is 1. The third-order valence-electron chi connectivity index (χ3n) is 3.27. The molecule has 0 aliphatic carbocycles. The molecule has 122 valence electrons. The van der Waals surface area contributed by atoms with E-state index < -0.39 is 28.9 Å². The fourth-order valence-electron chi connectivity index (χ4n) is 1.98. The zero-order valence-electron chi connectivity index (χ0n) is 12.8. The van der Waals surface area contributed by atoms with E-state index in [9.17, 15) is 18.0 Å². The van der Waals surface area contributed by atoms with Gasteiger partial charge < -0.3 is 10.1 Å². The van der Waals surface area contributed by atoms with Crippen LogP contribution in [-0.4, -0.2) is 19.1 Å². The van der Waals surface area contributed by atoms with Crippen LogP contribution < -0.4 is 10.1 Å². The fraction of sp³-hybridized carbons (Fsp3) is 0.235. The van der Waals surface area contributed by atoms with E-state index in [1.165, 1.54) is 0 Å². The Labute approximate surface area is 132 Å². The number of amides is 1. The van der Waals surface area contributed by atoms with E-state index in [0.29, 0.717) is 11.8 Å². The number of aryl methyl sites for hydroxylation is 2. The molecule has 3 nitrogen and oxygen atoms in total. The molecular weight excluding hydrogens is 307 g/mol. The number of carbonyl (C=O) groups excluding carboxylic acids is 1. The molecule has 0 saturated carbocycles. The summed E-state index contributed by atoms with van der Waals surface area (Å²) in [4.78, 5) is 11.8. The van der Waals surface area contributed by atoms with E-state index >= 15 is 0 Å². The van der Waals surface area contributed by atoms with Crippen LogP contribution in [0.15, 0.2) is 30.3 Å². The van der Waals surface area contributed by atoms with Crippen LogP contribution in [0.5, 0.6) is 5.75 Å². The Kier molecular flexibility index (Phi) is 5.26. The quantitative estimate of drug-likeness (QED) is 0.675. The first kappa shape index (κ1) is 16.9. The van der Waals surface area contributed by atoms with Crippen molar-refractivity contribution in [3.63, 3.8) is 0 Å². The fourth-order valence-corrected chi connectivity index (χ4v) is 1.98. The van der Waals surface area contributed by atoms with Crippen molar-refractivity contribution in [2.75, 3.05) is 13.2 Å². The highest BCUT2D eigenvalue weighted by atomic mass is 19.2. The molecule has 0 fully saturated rings. The summed E-state index contributed by atoms with van der Waals surface area (Å²) in [6.07, 6.45) is 0. The molecule has 0 atom stereocenters. The van der Waals surface area contributed by atoms with Gasteiger partial charge in [-0.2, -0.15) is 0 Å². The van der Waals surface area contributed by atoms with Crippen LogP contribution in [-0.2, 0) is 0 Å². The maximum atomic E-state index is 13.5. The predicted molar refractivity (Wildman–Crippen MR) is 80.1 cm³/mol. The zero-order valence-corrected chi connectivity index (χ0v) is 12.8. The van der Waals surface area contributed by atoms with Gasteiger partial charge in [0.25, 0.3) is 5.91 Å². The average Bonchev–Trinajstić information content (AvgIpc) is 2.52. The predicted octanol–water partition coefficient (Wildman–Crippen LogP) is 3.53. The second-order valence-corrected chi connectivity index (χ2v) is 5.10. The van der Waals surface area contributed by atoms with Crippen molar-refractivity contribution < 1.29 is 22.7 Å². The molecular formula is C17H16F3NO2. The van der Waals surface area contributed by atoms with Crippen LogP contribution in [0.25, 0.3) is 0 Å². The number of nitrogens with one attached hydrogen (secondary N) is 1. The van der Waals surface area contributed by atoms with Gasteiger partial charge in [0, 0.05) is 0 Å². The van der Waals surface area contributed by atoms with Gasteiger partial charge in [0.05, 0.1) is 12.1 Å². The van der Waals surface area contributed by atoms with Gasteiger partial charge in [-0.25, -0.2) is 13.2 Å². The molecule has 0 spiro atoms. The van der Waals surface area contributed by atoms with E-state index in [0.717, 1.165) is 17.2 Å². The van der Waals surface area contributed by atoms with Crippen LogP contribution in [0.3, 0.4) is 0 Å². The molecule has 0 radical (unpaired) electrons. The lowest BCUT2D eigenvalue weighted by Gasteiger charge is -2.11. The van der Waals surface area contributed by atoms with Crippen LogP contribution >= 0.6 is 0 Å². The maximum Gasteiger partial charge on any atom is 0.254 e. The topological polar surface area (TPSA) is 38.3 Å². The summed E-state index contributed by atoms with van der Waals surface area (Å²) in [5.41, 5.74) is 1.45. The minimum Gasteiger partial charge on any atom is -0.491 e. The highest BCUT2D eigenvalue weighted by Gasteiger charge is 2.18. The minimum absolute atomic E-state index is 0.102. The van der Waals surface area contributed by atoms with E-state index in [1.807, 2.05) is 32.0 Å². The van der Waals surface area contributed by atoms with Crippen molar-refractivity contribution >= 4 is 5.91 Å². The molecule has 2 aromatic carbocycles. The maximum absolute atomic E-state index is 13.5. The number of rotatable bonds is 5. The second-order valence-electron chi connectivity index (χ2n) is 5.10. The Balaban J connectivity index is 1.90. The molecule has 23 heavy (non-hydrogen) atoms. The van der Waals surface area contributed by atoms with Crippen LogP contribution in [0.4, 0.5) is 13.2 Å². The Bertz CT molecular complexity index is 732. The molecule has 2 rings (SSSR count). The third-order valence-corrected chi connectivity index (χ3v) is 3.27. The van der Waals surface area contributed by atoms with Crippen molar-refractivity contribution in [1.82, 2.24) is 5.32 Å². The lowest BCUT2D eigenvalue weighted by atomic mass is 10.1. The SMILES string of the molecule is Cc1ccc(C)c(OCCNC(=O)c2ccc(F)c(F)c2F)c1. The van der Waals surface area contributed by atoms with Gasteiger partial charge in [0.15, 0.2) is 17.5 Å². The first-order chi connectivity index (χ1) is 10.9. The van der Waals surface area contributed by atoms with Gasteiger partial charge in [-0.15, -0.1) is 0 Å². The van der Waals surface area contributed by atoms with E-state index in [1.54, 1.807) is 0 Å². The summed E-state index contributed by atoms with van der Waals surface area (Å²) in [7, 11) is 0. The van der Waals surface area contributed by atoms with Crippen LogP contribution in [0, 0.1) is 31.3 Å². The van der Waals surface area contributed by atoms with Crippen molar-refractivity contribution in [2.45, 2.75) is 13.8 Å². The first-order valence-corrected chi connectivity index (χ1v) is 7.02. The Morgan fingerprint density at radius 3 is 2.57 bits per heavy atom. The molecule has 0 saturated heterocycles. The number of halogens is 3. The smallest absolute Gasteiger partial charge is 0.254 e. The minimum atomic E-state index is -1.66. The van der Waals surface area contributed by atoms with Crippen LogP contribution in [0.2, 0.25) is 0 Å². The average molecular weight is 323 g/mol. The highest BCUT2D eigenvalue weighted by molar-refractivity contribution is 5.94. The monoisotopic (exact) mass is 323 g/mol. The third kappa shape index (κ3) is 4.03. The standard InChI is InChI=1S/C17H16F3NO2/c1-10-3-4-11(2)14(9-10)23-8-7-21-17(22)12-5-6-13(18)16(20)15(12)19/h3-6,9H,7-8H2,1-2H3,(H,21,22). The van der Waals surface area contributed by atoms with E-state index in [2.05, 4.69) is 5.32 Å². The molecule has 6 heteroatoms. The first-order valence-electron chi connectivity index (χ1n) is 7.02. The van der Waals surface area contributed by atoms with Gasteiger partial charge in [-0.1, -0.05) is 12.1 Å². The van der Waals surface area contributed by atoms with Crippen molar-refractivity contribution in [2.24, 2.45) is 0 Å². The van der Waals surface area contributed by atoms with Gasteiger partial charge in [0.2, 0.25) is 0 Å². The molecule has 0 heterocycles. The zero-order chi connectivity index (χ0) is 17.0. The summed E-state index contributed by atoms with van der Waals surface area (Å²) in [6.45, 7) is 4.09. The van der Waals surface area contributed by atoms with Crippen molar-refractivity contribution in [1.29, 1.82) is 0 Å². The number of hydrogen-bond acceptors (Lipinski definition) is 2. The number of hydrogen-bond donors (Lipinski definition) is 1. The summed E-state index contributed by atoms with van der Waals surface area (Å²) >= 11 is 0. The molecule has 1 N–H and O–H groups in total. The van der Waals surface area contributed by atoms with Crippen LogP contribution in [0.1, 0.15) is 21.5 Å². The van der Waals surface area contributed by atoms with Gasteiger partial charge >= 0.3 is 0 Å². The Morgan fingerprint density at radius 2 is 1.83 bits per heavy atom. The molecule has 0 unspecified atom stereocenters. The van der Waals surface area contributed by atoms with Crippen molar-refractivity contribution in [3.8, 4) is 5.75 Å². The second kappa shape index (κ2) is 7.17. The highest BCUT2D eigenvalue weighted by Crippen LogP contribution is 2.19. The lowest BCUT2D eigenvalue weighted by molar-refractivity contribution is 0.0941. The number of benzene rings is 2. The summed E-state index contributed by atoms with van der Waals surface area (Å²) in [6, 6.07) is 7.34. The Hall–Kier alpha value is -2.50. The molecule has 1 amide bonds. The Morgan fingerprint density at radius 1 is 1.09 bits per heavy atom. The molecule has 0 aromatic heterocycles. The van der Waals surface area contributed by atoms with E-state index in [4.69, 9.17) is 4.74 Å². The molecule has 0 aliphatic heterocycles. The summed E-state index contributed by atoms with van der Waals surface area (Å²) in [5.74, 6) is -4.64. The van der Waals surface area contributed by atoms with Gasteiger partial charge in [-0.05, 0) is 43.2 Å². The lowest BCUT2D eigenvalue weighted by Crippen LogP contribution is -2.29.